The molecule has 0 saturated heterocycles. The summed E-state index contributed by atoms with van der Waals surface area (Å²) in [6.07, 6.45) is 0. The van der Waals surface area contributed by atoms with E-state index in [1.165, 1.54) is 53.2 Å². The number of para-hydroxylation sites is 1. The molecule has 0 unspecified atom stereocenters. The van der Waals surface area contributed by atoms with Gasteiger partial charge < -0.3 is 4.90 Å². The van der Waals surface area contributed by atoms with E-state index in [1.54, 1.807) is 0 Å². The maximum atomic E-state index is 2.35. The molecule has 0 aliphatic rings. The summed E-state index contributed by atoms with van der Waals surface area (Å²) in [6.45, 7) is 0. The smallest absolute Gasteiger partial charge is 0.0467 e. The van der Waals surface area contributed by atoms with Gasteiger partial charge in [0.2, 0.25) is 0 Å². The van der Waals surface area contributed by atoms with Crippen LogP contribution in [-0.4, -0.2) is 0 Å². The van der Waals surface area contributed by atoms with E-state index in [9.17, 15) is 0 Å². The first-order chi connectivity index (χ1) is 20.8. The molecule has 0 spiro atoms. The fraction of sp³-hybridized carbons (Fsp3) is 0. The summed E-state index contributed by atoms with van der Waals surface area (Å²) >= 11 is 1.86. The molecule has 0 aliphatic carbocycles. The Morgan fingerprint density at radius 3 is 1.88 bits per heavy atom. The van der Waals surface area contributed by atoms with E-state index < -0.39 is 0 Å². The molecule has 0 N–H and O–H groups in total. The van der Waals surface area contributed by atoms with Gasteiger partial charge in [0, 0.05) is 37.2 Å². The average Bonchev–Trinajstić information content (AvgIpc) is 3.45. The molecule has 0 aliphatic heterocycles. The minimum atomic E-state index is 1.13. The van der Waals surface area contributed by atoms with Gasteiger partial charge in [-0.05, 0) is 81.6 Å². The summed E-state index contributed by atoms with van der Waals surface area (Å²) in [5, 5.41) is 5.19. The van der Waals surface area contributed by atoms with Crippen LogP contribution < -0.4 is 4.90 Å². The normalized spacial score (nSPS) is 11.3. The molecule has 198 valence electrons. The van der Waals surface area contributed by atoms with E-state index in [2.05, 4.69) is 169 Å². The van der Waals surface area contributed by atoms with Crippen LogP contribution in [0.25, 0.3) is 53.2 Å². The molecule has 0 bridgehead atoms. The first kappa shape index (κ1) is 24.6. The molecule has 8 aromatic rings. The van der Waals surface area contributed by atoms with Crippen molar-refractivity contribution < 1.29 is 0 Å². The summed E-state index contributed by atoms with van der Waals surface area (Å²) in [4.78, 5) is 2.35. The summed E-state index contributed by atoms with van der Waals surface area (Å²) in [5.74, 6) is 0. The third kappa shape index (κ3) is 4.25. The van der Waals surface area contributed by atoms with Crippen molar-refractivity contribution in [2.75, 3.05) is 4.90 Å². The third-order valence-corrected chi connectivity index (χ3v) is 9.19. The highest BCUT2D eigenvalue weighted by Crippen LogP contribution is 2.42. The van der Waals surface area contributed by atoms with Gasteiger partial charge in [0.15, 0.2) is 0 Å². The maximum Gasteiger partial charge on any atom is 0.0467 e. The van der Waals surface area contributed by atoms with Gasteiger partial charge in [0.1, 0.15) is 0 Å². The quantitative estimate of drug-likeness (QED) is 0.205. The second kappa shape index (κ2) is 10.3. The number of hydrogen-bond donors (Lipinski definition) is 0. The molecule has 1 aromatic heterocycles. The van der Waals surface area contributed by atoms with Crippen LogP contribution in [0, 0.1) is 0 Å². The Morgan fingerprint density at radius 2 is 1.00 bits per heavy atom. The Bertz CT molecular complexity index is 2190. The highest BCUT2D eigenvalue weighted by molar-refractivity contribution is 7.25. The molecule has 1 nitrogen and oxygen atoms in total. The SMILES string of the molecule is c1ccc(N(c2ccc(-c3cccc4sc5ccccc5c34)cc2)c2cccc(-c3cccc4ccccc34)c2)cc1. The zero-order valence-corrected chi connectivity index (χ0v) is 23.8. The van der Waals surface area contributed by atoms with Crippen LogP contribution in [0.3, 0.4) is 0 Å². The minimum Gasteiger partial charge on any atom is -0.310 e. The van der Waals surface area contributed by atoms with E-state index in [-0.39, 0.29) is 0 Å². The summed E-state index contributed by atoms with van der Waals surface area (Å²) in [6, 6.07) is 59.1. The number of hydrogen-bond acceptors (Lipinski definition) is 2. The highest BCUT2D eigenvalue weighted by atomic mass is 32.1. The average molecular weight is 554 g/mol. The topological polar surface area (TPSA) is 3.24 Å². The fourth-order valence-corrected chi connectivity index (χ4v) is 7.25. The summed E-state index contributed by atoms with van der Waals surface area (Å²) in [7, 11) is 0. The Hall–Kier alpha value is -5.18. The zero-order valence-electron chi connectivity index (χ0n) is 22.9. The molecule has 0 atom stereocenters. The summed E-state index contributed by atoms with van der Waals surface area (Å²) < 4.78 is 2.66. The molecule has 7 aromatic carbocycles. The van der Waals surface area contributed by atoms with E-state index in [1.807, 2.05) is 11.3 Å². The fourth-order valence-electron chi connectivity index (χ4n) is 6.12. The lowest BCUT2D eigenvalue weighted by Crippen LogP contribution is -2.09. The van der Waals surface area contributed by atoms with E-state index >= 15 is 0 Å². The molecule has 1 heterocycles. The number of benzene rings is 7. The molecule has 0 fully saturated rings. The van der Waals surface area contributed by atoms with Crippen LogP contribution in [0.5, 0.6) is 0 Å². The predicted molar refractivity (Wildman–Crippen MR) is 182 cm³/mol. The molecule has 0 radical (unpaired) electrons. The number of rotatable bonds is 5. The monoisotopic (exact) mass is 553 g/mol. The maximum absolute atomic E-state index is 2.35. The van der Waals surface area contributed by atoms with Crippen molar-refractivity contribution in [3.05, 3.63) is 164 Å². The van der Waals surface area contributed by atoms with Gasteiger partial charge in [-0.2, -0.15) is 0 Å². The van der Waals surface area contributed by atoms with Crippen LogP contribution in [0.1, 0.15) is 0 Å². The number of fused-ring (bicyclic) bond motifs is 4. The van der Waals surface area contributed by atoms with Crippen molar-refractivity contribution in [1.82, 2.24) is 0 Å². The molecule has 0 saturated carbocycles. The first-order valence-corrected chi connectivity index (χ1v) is 15.1. The number of thiophene rings is 1. The van der Waals surface area contributed by atoms with Gasteiger partial charge in [-0.1, -0.05) is 115 Å². The first-order valence-electron chi connectivity index (χ1n) is 14.3. The minimum absolute atomic E-state index is 1.13. The second-order valence-electron chi connectivity index (χ2n) is 10.6. The van der Waals surface area contributed by atoms with Gasteiger partial charge in [-0.15, -0.1) is 11.3 Å². The third-order valence-electron chi connectivity index (χ3n) is 8.06. The molecule has 2 heteroatoms. The van der Waals surface area contributed by atoms with Crippen LogP contribution in [0.4, 0.5) is 17.1 Å². The van der Waals surface area contributed by atoms with Crippen LogP contribution >= 0.6 is 11.3 Å². The summed E-state index contributed by atoms with van der Waals surface area (Å²) in [5.41, 5.74) is 8.34. The largest absolute Gasteiger partial charge is 0.310 e. The van der Waals surface area contributed by atoms with Gasteiger partial charge >= 0.3 is 0 Å². The predicted octanol–water partition coefficient (Wildman–Crippen LogP) is 12.0. The Balaban J connectivity index is 1.24. The molecular formula is C40H27NS. The second-order valence-corrected chi connectivity index (χ2v) is 11.7. The van der Waals surface area contributed by atoms with E-state index in [0.717, 1.165) is 17.1 Å². The van der Waals surface area contributed by atoms with Gasteiger partial charge in [0.05, 0.1) is 0 Å². The van der Waals surface area contributed by atoms with Crippen LogP contribution in [0.2, 0.25) is 0 Å². The Morgan fingerprint density at radius 1 is 0.381 bits per heavy atom. The van der Waals surface area contributed by atoms with Crippen LogP contribution in [-0.2, 0) is 0 Å². The van der Waals surface area contributed by atoms with E-state index in [4.69, 9.17) is 0 Å². The molecular weight excluding hydrogens is 527 g/mol. The highest BCUT2D eigenvalue weighted by Gasteiger charge is 2.15. The number of anilines is 3. The standard InChI is InChI=1S/C40H27NS/c1-2-14-31(15-3-1)41(33-16-8-13-30(27-33)35-19-9-12-28-11-4-5-17-34(28)35)32-25-23-29(24-26-32)36-20-10-22-39-40(36)37-18-6-7-21-38(37)42-39/h1-27H. The Kier molecular flexibility index (Phi) is 6.05. The lowest BCUT2D eigenvalue weighted by molar-refractivity contribution is 1.28. The van der Waals surface area contributed by atoms with Gasteiger partial charge in [-0.3, -0.25) is 0 Å². The van der Waals surface area contributed by atoms with Crippen molar-refractivity contribution in [2.45, 2.75) is 0 Å². The van der Waals surface area contributed by atoms with Gasteiger partial charge in [0.25, 0.3) is 0 Å². The molecule has 8 rings (SSSR count). The molecule has 0 amide bonds. The van der Waals surface area contributed by atoms with Crippen LogP contribution in [0.15, 0.2) is 164 Å². The zero-order chi connectivity index (χ0) is 27.9. The van der Waals surface area contributed by atoms with Crippen molar-refractivity contribution >= 4 is 59.3 Å². The van der Waals surface area contributed by atoms with Crippen molar-refractivity contribution in [3.63, 3.8) is 0 Å². The number of nitrogens with zero attached hydrogens (tertiary/aromatic N) is 1. The van der Waals surface area contributed by atoms with Crippen molar-refractivity contribution in [3.8, 4) is 22.3 Å². The molecule has 42 heavy (non-hydrogen) atoms. The Labute approximate surface area is 249 Å². The van der Waals surface area contributed by atoms with Crippen molar-refractivity contribution in [2.24, 2.45) is 0 Å². The van der Waals surface area contributed by atoms with Crippen molar-refractivity contribution in [1.29, 1.82) is 0 Å². The van der Waals surface area contributed by atoms with E-state index in [0.29, 0.717) is 0 Å². The lowest BCUT2D eigenvalue weighted by atomic mass is 9.97. The van der Waals surface area contributed by atoms with Gasteiger partial charge in [-0.25, -0.2) is 0 Å². The lowest BCUT2D eigenvalue weighted by Gasteiger charge is -2.26.